The lowest BCUT2D eigenvalue weighted by atomic mass is 10.2. The number of anilines is 1. The molecule has 3 nitrogen and oxygen atoms in total. The molecule has 3 rings (SSSR count). The van der Waals surface area contributed by atoms with Crippen LogP contribution < -0.4 is 5.32 Å². The summed E-state index contributed by atoms with van der Waals surface area (Å²) in [6.07, 6.45) is 0. The summed E-state index contributed by atoms with van der Waals surface area (Å²) in [6, 6.07) is 2.26. The Hall–Kier alpha value is -1.47. The maximum atomic E-state index is 13.8. The highest BCUT2D eigenvalue weighted by atomic mass is 79.9. The Bertz CT molecular complexity index is 825. The van der Waals surface area contributed by atoms with Gasteiger partial charge < -0.3 is 5.32 Å². The summed E-state index contributed by atoms with van der Waals surface area (Å²) in [5, 5.41) is 4.96. The summed E-state index contributed by atoms with van der Waals surface area (Å²) < 4.78 is 29.5. The van der Waals surface area contributed by atoms with Gasteiger partial charge in [0.2, 0.25) is 0 Å². The van der Waals surface area contributed by atoms with Gasteiger partial charge in [0.25, 0.3) is 0 Å². The van der Waals surface area contributed by atoms with Crippen LogP contribution in [0.15, 0.2) is 22.0 Å². The smallest absolute Gasteiger partial charge is 0.194 e. The van der Waals surface area contributed by atoms with Gasteiger partial charge in [0, 0.05) is 17.1 Å². The monoisotopic (exact) mass is 371 g/mol. The zero-order valence-electron chi connectivity index (χ0n) is 11.4. The molecule has 0 unspecified atom stereocenters. The first-order valence-corrected chi connectivity index (χ1v) is 7.95. The fraction of sp³-hybridized carbons (Fsp3) is 0.214. The molecular weight excluding hydrogens is 360 g/mol. The number of aryl methyl sites for hydroxylation is 2. The number of imidazole rings is 1. The molecule has 0 aliphatic rings. The van der Waals surface area contributed by atoms with Crippen LogP contribution in [0.4, 0.5) is 14.5 Å². The Morgan fingerprint density at radius 2 is 2.05 bits per heavy atom. The molecule has 0 radical (unpaired) electrons. The van der Waals surface area contributed by atoms with Gasteiger partial charge in [0.1, 0.15) is 11.6 Å². The van der Waals surface area contributed by atoms with Crippen molar-refractivity contribution in [3.63, 3.8) is 0 Å². The third-order valence-corrected chi connectivity index (χ3v) is 4.84. The molecule has 0 atom stereocenters. The maximum Gasteiger partial charge on any atom is 0.194 e. The van der Waals surface area contributed by atoms with E-state index in [1.165, 1.54) is 0 Å². The van der Waals surface area contributed by atoms with Crippen molar-refractivity contribution in [2.24, 2.45) is 0 Å². The van der Waals surface area contributed by atoms with Gasteiger partial charge in [-0.05, 0) is 35.8 Å². The largest absolute Gasteiger partial charge is 0.377 e. The molecule has 21 heavy (non-hydrogen) atoms. The normalized spacial score (nSPS) is 11.3. The molecule has 0 amide bonds. The molecular formula is C14H12BrF2N3S. The highest BCUT2D eigenvalue weighted by Gasteiger charge is 2.13. The van der Waals surface area contributed by atoms with E-state index in [4.69, 9.17) is 0 Å². The topological polar surface area (TPSA) is 29.3 Å². The molecule has 0 aliphatic heterocycles. The van der Waals surface area contributed by atoms with Crippen molar-refractivity contribution in [3.8, 4) is 0 Å². The predicted molar refractivity (Wildman–Crippen MR) is 83.9 cm³/mol. The summed E-state index contributed by atoms with van der Waals surface area (Å²) in [6.45, 7) is 4.28. The Morgan fingerprint density at radius 1 is 1.29 bits per heavy atom. The summed E-state index contributed by atoms with van der Waals surface area (Å²) in [5.74, 6) is -0.996. The molecule has 0 bridgehead atoms. The Labute approximate surface area is 132 Å². The first kappa shape index (κ1) is 14.5. The van der Waals surface area contributed by atoms with Gasteiger partial charge in [-0.25, -0.2) is 13.8 Å². The van der Waals surface area contributed by atoms with Crippen LogP contribution in [0.25, 0.3) is 4.96 Å². The predicted octanol–water partition coefficient (Wildman–Crippen LogP) is 4.67. The van der Waals surface area contributed by atoms with E-state index in [1.54, 1.807) is 11.3 Å². The minimum atomic E-state index is -0.499. The third-order valence-electron chi connectivity index (χ3n) is 3.29. The van der Waals surface area contributed by atoms with Crippen LogP contribution >= 0.6 is 27.3 Å². The van der Waals surface area contributed by atoms with Crippen molar-refractivity contribution in [2.75, 3.05) is 5.32 Å². The van der Waals surface area contributed by atoms with Crippen molar-refractivity contribution in [3.05, 3.63) is 50.7 Å². The molecule has 110 valence electrons. The number of halogens is 3. The Kier molecular flexibility index (Phi) is 3.71. The number of benzene rings is 1. The van der Waals surface area contributed by atoms with Crippen molar-refractivity contribution < 1.29 is 8.78 Å². The Balaban J connectivity index is 1.92. The van der Waals surface area contributed by atoms with E-state index in [9.17, 15) is 8.78 Å². The first-order valence-electron chi connectivity index (χ1n) is 6.28. The molecule has 1 aromatic carbocycles. The molecule has 2 aromatic heterocycles. The van der Waals surface area contributed by atoms with Crippen molar-refractivity contribution in [2.45, 2.75) is 20.4 Å². The van der Waals surface area contributed by atoms with E-state index >= 15 is 0 Å². The van der Waals surface area contributed by atoms with Gasteiger partial charge in [0.15, 0.2) is 4.96 Å². The summed E-state index contributed by atoms with van der Waals surface area (Å²) in [4.78, 5) is 5.37. The first-order chi connectivity index (χ1) is 9.97. The second kappa shape index (κ2) is 5.38. The van der Waals surface area contributed by atoms with Crippen LogP contribution in [-0.2, 0) is 6.54 Å². The summed E-state index contributed by atoms with van der Waals surface area (Å²) >= 11 is 4.52. The molecule has 1 N–H and O–H groups in total. The van der Waals surface area contributed by atoms with Gasteiger partial charge in [-0.3, -0.25) is 4.40 Å². The van der Waals surface area contributed by atoms with Gasteiger partial charge in [0.05, 0.1) is 28.1 Å². The van der Waals surface area contributed by atoms with Gasteiger partial charge in [-0.2, -0.15) is 0 Å². The van der Waals surface area contributed by atoms with Crippen LogP contribution in [0.1, 0.15) is 17.1 Å². The van der Waals surface area contributed by atoms with Crippen LogP contribution in [0.3, 0.4) is 0 Å². The van der Waals surface area contributed by atoms with Gasteiger partial charge in [-0.15, -0.1) is 11.3 Å². The molecule has 3 aromatic rings. The maximum absolute atomic E-state index is 13.8. The minimum absolute atomic E-state index is 0.113. The number of hydrogen-bond acceptors (Lipinski definition) is 3. The molecule has 0 saturated heterocycles. The number of rotatable bonds is 3. The second-order valence-corrected chi connectivity index (χ2v) is 6.43. The van der Waals surface area contributed by atoms with E-state index in [1.807, 2.05) is 23.6 Å². The lowest BCUT2D eigenvalue weighted by Gasteiger charge is -2.09. The van der Waals surface area contributed by atoms with Crippen LogP contribution in [0, 0.1) is 25.5 Å². The zero-order chi connectivity index (χ0) is 15.1. The van der Waals surface area contributed by atoms with E-state index in [-0.39, 0.29) is 10.2 Å². The van der Waals surface area contributed by atoms with Crippen molar-refractivity contribution >= 4 is 37.9 Å². The van der Waals surface area contributed by atoms with E-state index in [2.05, 4.69) is 26.2 Å². The van der Waals surface area contributed by atoms with Crippen LogP contribution in [0.2, 0.25) is 0 Å². The average molecular weight is 372 g/mol. The lowest BCUT2D eigenvalue weighted by molar-refractivity contribution is 0.596. The molecule has 2 heterocycles. The number of nitrogens with zero attached hydrogens (tertiary/aromatic N) is 2. The van der Waals surface area contributed by atoms with E-state index in [0.717, 1.165) is 34.2 Å². The number of nitrogens with one attached hydrogen (secondary N) is 1. The summed E-state index contributed by atoms with van der Waals surface area (Å²) in [5.41, 5.74) is 3.05. The van der Waals surface area contributed by atoms with Crippen LogP contribution in [-0.4, -0.2) is 9.38 Å². The van der Waals surface area contributed by atoms with Gasteiger partial charge >= 0.3 is 0 Å². The highest BCUT2D eigenvalue weighted by Crippen LogP contribution is 2.25. The van der Waals surface area contributed by atoms with Crippen molar-refractivity contribution in [1.29, 1.82) is 0 Å². The van der Waals surface area contributed by atoms with Gasteiger partial charge in [-0.1, -0.05) is 0 Å². The SMILES string of the molecule is Cc1nc2scc(C)n2c1CNc1cc(F)c(Br)cc1F. The standard InChI is InChI=1S/C14H12BrF2N3S/c1-7-6-21-14-19-8(2)13(20(7)14)5-18-12-4-10(16)9(15)3-11(12)17/h3-4,6,18H,5H2,1-2H3. The fourth-order valence-electron chi connectivity index (χ4n) is 2.21. The van der Waals surface area contributed by atoms with Crippen LogP contribution in [0.5, 0.6) is 0 Å². The van der Waals surface area contributed by atoms with E-state index < -0.39 is 11.6 Å². The quantitative estimate of drug-likeness (QED) is 0.678. The second-order valence-electron chi connectivity index (χ2n) is 4.74. The molecule has 0 aliphatic carbocycles. The Morgan fingerprint density at radius 3 is 2.81 bits per heavy atom. The minimum Gasteiger partial charge on any atom is -0.377 e. The zero-order valence-corrected chi connectivity index (χ0v) is 13.8. The lowest BCUT2D eigenvalue weighted by Crippen LogP contribution is -2.06. The number of thiazole rings is 1. The fourth-order valence-corrected chi connectivity index (χ4v) is 3.46. The highest BCUT2D eigenvalue weighted by molar-refractivity contribution is 9.10. The summed E-state index contributed by atoms with van der Waals surface area (Å²) in [7, 11) is 0. The number of fused-ring (bicyclic) bond motifs is 1. The molecule has 0 saturated carbocycles. The third kappa shape index (κ3) is 2.55. The molecule has 7 heteroatoms. The molecule has 0 spiro atoms. The average Bonchev–Trinajstić information content (AvgIpc) is 2.92. The number of aromatic nitrogens is 2. The van der Waals surface area contributed by atoms with E-state index in [0.29, 0.717) is 6.54 Å². The molecule has 0 fully saturated rings. The van der Waals surface area contributed by atoms with Crippen molar-refractivity contribution in [1.82, 2.24) is 9.38 Å². The number of hydrogen-bond donors (Lipinski definition) is 1.